The molecule has 5 heteroatoms. The van der Waals surface area contributed by atoms with Crippen LogP contribution < -0.4 is 10.8 Å². The number of hydrogen-bond donors (Lipinski definition) is 1. The summed E-state index contributed by atoms with van der Waals surface area (Å²) in [6.07, 6.45) is 8.05. The maximum Gasteiger partial charge on any atom is 0.160 e. The first-order valence-electron chi connectivity index (χ1n) is 17.0. The van der Waals surface area contributed by atoms with Gasteiger partial charge in [-0.3, -0.25) is 9.89 Å². The number of allylic oxidation sites excluding steroid dienone is 2. The van der Waals surface area contributed by atoms with E-state index in [0.29, 0.717) is 6.04 Å². The molecule has 1 N–H and O–H groups in total. The standard InChI is InChI=1S/C18H26BN3S.C12H16.2C5H12/c1-4-14(2)21-18(23-3)20-12-17-6-5-11-22(17)13-15-7-9-16(19)10-8-15;1-8(2)12-6-9(3)11(5)10(4)7-12;2*1-4-5(2)3/h7-10,17H,2,4-6,11-13H2,1,3H3,(H,20,21);6-7H,1H2,2-5H3;2*5H,4H2,1-3H3. The highest BCUT2D eigenvalue weighted by Gasteiger charge is 2.24. The lowest BCUT2D eigenvalue weighted by Gasteiger charge is -2.23. The van der Waals surface area contributed by atoms with Crippen LogP contribution in [0.5, 0.6) is 0 Å². The first-order valence-corrected chi connectivity index (χ1v) is 18.3. The largest absolute Gasteiger partial charge is 0.339 e. The van der Waals surface area contributed by atoms with E-state index in [0.717, 1.165) is 59.8 Å². The number of thioether (sulfide) groups is 1. The fourth-order valence-electron chi connectivity index (χ4n) is 4.03. The zero-order chi connectivity index (χ0) is 34.5. The van der Waals surface area contributed by atoms with Gasteiger partial charge in [0.1, 0.15) is 7.85 Å². The molecule has 1 saturated heterocycles. The minimum Gasteiger partial charge on any atom is -0.339 e. The van der Waals surface area contributed by atoms with E-state index in [1.165, 1.54) is 53.5 Å². The molecule has 1 atom stereocenters. The van der Waals surface area contributed by atoms with Gasteiger partial charge in [0.05, 0.1) is 6.54 Å². The molecule has 0 amide bonds. The van der Waals surface area contributed by atoms with Crippen LogP contribution in [0.4, 0.5) is 0 Å². The smallest absolute Gasteiger partial charge is 0.160 e. The molecule has 1 heterocycles. The molecule has 1 aliphatic heterocycles. The molecule has 1 unspecified atom stereocenters. The Morgan fingerprint density at radius 3 is 1.91 bits per heavy atom. The Hall–Kier alpha value is -2.24. The third-order valence-corrected chi connectivity index (χ3v) is 8.88. The van der Waals surface area contributed by atoms with E-state index < -0.39 is 0 Å². The molecular formula is C40H66BN3S. The summed E-state index contributed by atoms with van der Waals surface area (Å²) in [6, 6.07) is 13.1. The Labute approximate surface area is 285 Å². The number of nitrogens with zero attached hydrogens (tertiary/aromatic N) is 2. The first-order chi connectivity index (χ1) is 21.2. The summed E-state index contributed by atoms with van der Waals surface area (Å²) in [5, 5.41) is 4.27. The van der Waals surface area contributed by atoms with Gasteiger partial charge in [0.15, 0.2) is 5.17 Å². The van der Waals surface area contributed by atoms with Crippen molar-refractivity contribution in [3.05, 3.63) is 83.1 Å². The van der Waals surface area contributed by atoms with E-state index in [9.17, 15) is 0 Å². The molecule has 250 valence electrons. The van der Waals surface area contributed by atoms with Crippen LogP contribution in [-0.2, 0) is 6.54 Å². The second-order valence-electron chi connectivity index (χ2n) is 13.1. The van der Waals surface area contributed by atoms with Crippen molar-refractivity contribution in [2.75, 3.05) is 19.3 Å². The number of aryl methyl sites for hydroxylation is 2. The molecule has 2 aromatic carbocycles. The molecule has 2 aromatic rings. The Balaban J connectivity index is 0.000000728. The minimum absolute atomic E-state index is 0.520. The molecule has 3 rings (SSSR count). The SMILES string of the molecule is C=C(C)c1cc(C)c(C)c(C)c1.CCC(C)C.CCC(C)C.[B]c1ccc(CN2CCCC2CN=C(NC(=C)CC)SC)cc1. The van der Waals surface area contributed by atoms with Crippen molar-refractivity contribution in [1.29, 1.82) is 0 Å². The summed E-state index contributed by atoms with van der Waals surface area (Å²) in [6.45, 7) is 34.8. The minimum atomic E-state index is 0.520. The highest BCUT2D eigenvalue weighted by molar-refractivity contribution is 8.13. The van der Waals surface area contributed by atoms with Crippen molar-refractivity contribution in [1.82, 2.24) is 10.2 Å². The molecule has 1 aliphatic rings. The van der Waals surface area contributed by atoms with E-state index in [4.69, 9.17) is 12.8 Å². The predicted molar refractivity (Wildman–Crippen MR) is 209 cm³/mol. The topological polar surface area (TPSA) is 27.6 Å². The maximum absolute atomic E-state index is 5.76. The van der Waals surface area contributed by atoms with Crippen LogP contribution in [0.25, 0.3) is 5.57 Å². The van der Waals surface area contributed by atoms with Crippen LogP contribution in [0.15, 0.2) is 60.2 Å². The molecule has 1 fully saturated rings. The van der Waals surface area contributed by atoms with Crippen LogP contribution in [-0.4, -0.2) is 43.3 Å². The van der Waals surface area contributed by atoms with Crippen molar-refractivity contribution in [3.63, 3.8) is 0 Å². The average Bonchev–Trinajstić information content (AvgIpc) is 3.46. The van der Waals surface area contributed by atoms with Gasteiger partial charge in [0.25, 0.3) is 0 Å². The van der Waals surface area contributed by atoms with Gasteiger partial charge in [0, 0.05) is 18.3 Å². The lowest BCUT2D eigenvalue weighted by atomic mass is 9.95. The van der Waals surface area contributed by atoms with Crippen molar-refractivity contribution < 1.29 is 0 Å². The molecular weight excluding hydrogens is 565 g/mol. The van der Waals surface area contributed by atoms with Crippen molar-refractivity contribution in [2.45, 2.75) is 121 Å². The van der Waals surface area contributed by atoms with Gasteiger partial charge in [-0.25, -0.2) is 0 Å². The third kappa shape index (κ3) is 19.1. The second kappa shape index (κ2) is 24.0. The second-order valence-corrected chi connectivity index (χ2v) is 13.9. The van der Waals surface area contributed by atoms with Crippen molar-refractivity contribution in [2.24, 2.45) is 16.8 Å². The van der Waals surface area contributed by atoms with Crippen LogP contribution in [0.3, 0.4) is 0 Å². The quantitative estimate of drug-likeness (QED) is 0.170. The number of aliphatic imine (C=N–C) groups is 1. The molecule has 0 spiro atoms. The van der Waals surface area contributed by atoms with Crippen molar-refractivity contribution in [3.8, 4) is 0 Å². The van der Waals surface area contributed by atoms with E-state index in [1.807, 2.05) is 19.1 Å². The van der Waals surface area contributed by atoms with Crippen LogP contribution in [0, 0.1) is 32.6 Å². The number of amidine groups is 1. The normalized spacial score (nSPS) is 14.5. The third-order valence-electron chi connectivity index (χ3n) is 8.27. The Bertz CT molecular complexity index is 1120. The molecule has 0 aliphatic carbocycles. The van der Waals surface area contributed by atoms with Crippen LogP contribution in [0.1, 0.15) is 115 Å². The van der Waals surface area contributed by atoms with E-state index >= 15 is 0 Å². The number of benzene rings is 2. The number of hydrogen-bond acceptors (Lipinski definition) is 3. The molecule has 0 saturated carbocycles. The van der Waals surface area contributed by atoms with E-state index in [1.54, 1.807) is 11.8 Å². The fourth-order valence-corrected chi connectivity index (χ4v) is 4.48. The van der Waals surface area contributed by atoms with Gasteiger partial charge in [-0.15, -0.1) is 0 Å². The lowest BCUT2D eigenvalue weighted by molar-refractivity contribution is 0.251. The Kier molecular flexibility index (Phi) is 22.8. The van der Waals surface area contributed by atoms with Gasteiger partial charge in [-0.2, -0.15) is 0 Å². The van der Waals surface area contributed by atoms with Gasteiger partial charge >= 0.3 is 0 Å². The summed E-state index contributed by atoms with van der Waals surface area (Å²) >= 11 is 1.65. The highest BCUT2D eigenvalue weighted by atomic mass is 32.2. The Morgan fingerprint density at radius 2 is 1.49 bits per heavy atom. The summed E-state index contributed by atoms with van der Waals surface area (Å²) in [5.74, 6) is 1.77. The molecule has 2 radical (unpaired) electrons. The first kappa shape index (κ1) is 42.8. The van der Waals surface area contributed by atoms with E-state index in [2.05, 4.69) is 123 Å². The van der Waals surface area contributed by atoms with E-state index in [-0.39, 0.29) is 0 Å². The van der Waals surface area contributed by atoms with Gasteiger partial charge < -0.3 is 5.32 Å². The Morgan fingerprint density at radius 1 is 0.978 bits per heavy atom. The zero-order valence-corrected chi connectivity index (χ0v) is 32.0. The highest BCUT2D eigenvalue weighted by Crippen LogP contribution is 2.21. The number of likely N-dealkylation sites (tertiary alicyclic amines) is 1. The molecule has 0 bridgehead atoms. The van der Waals surface area contributed by atoms with Gasteiger partial charge in [-0.05, 0) is 99.4 Å². The molecule has 0 aromatic heterocycles. The number of rotatable bonds is 9. The molecule has 45 heavy (non-hydrogen) atoms. The fraction of sp³-hybridized carbons (Fsp3) is 0.575. The summed E-state index contributed by atoms with van der Waals surface area (Å²) in [7, 11) is 5.76. The summed E-state index contributed by atoms with van der Waals surface area (Å²) in [4.78, 5) is 7.29. The predicted octanol–water partition coefficient (Wildman–Crippen LogP) is 10.4. The average molecular weight is 632 g/mol. The summed E-state index contributed by atoms with van der Waals surface area (Å²) < 4.78 is 0. The lowest BCUT2D eigenvalue weighted by Crippen LogP contribution is -2.32. The monoisotopic (exact) mass is 632 g/mol. The zero-order valence-electron chi connectivity index (χ0n) is 31.1. The van der Waals surface area contributed by atoms with Gasteiger partial charge in [0.2, 0.25) is 0 Å². The van der Waals surface area contributed by atoms with Crippen molar-refractivity contribution >= 4 is 35.8 Å². The summed E-state index contributed by atoms with van der Waals surface area (Å²) in [5.41, 5.74) is 9.65. The maximum atomic E-state index is 5.76. The number of nitrogens with one attached hydrogen (secondary N) is 1. The molecule has 3 nitrogen and oxygen atoms in total. The van der Waals surface area contributed by atoms with Crippen LogP contribution >= 0.6 is 11.8 Å². The van der Waals surface area contributed by atoms with Gasteiger partial charge in [-0.1, -0.05) is 134 Å². The van der Waals surface area contributed by atoms with Crippen LogP contribution in [0.2, 0.25) is 0 Å².